The van der Waals surface area contributed by atoms with E-state index in [4.69, 9.17) is 0 Å². The van der Waals surface area contributed by atoms with Gasteiger partial charge in [-0.25, -0.2) is 12.7 Å². The van der Waals surface area contributed by atoms with Gasteiger partial charge in [-0.15, -0.1) is 0 Å². The molecule has 0 N–H and O–H groups in total. The SMILES string of the molecule is O=CC1CCN(S(=O)(=O)CCc2ccncc2)CC1. The summed E-state index contributed by atoms with van der Waals surface area (Å²) in [6.07, 6.45) is 6.03. The Labute approximate surface area is 113 Å². The minimum atomic E-state index is -3.22. The number of aryl methyl sites for hydroxylation is 1. The first-order chi connectivity index (χ1) is 9.12. The third kappa shape index (κ3) is 3.84. The fourth-order valence-electron chi connectivity index (χ4n) is 2.22. The highest BCUT2D eigenvalue weighted by Gasteiger charge is 2.27. The summed E-state index contributed by atoms with van der Waals surface area (Å²) in [5.41, 5.74) is 0.973. The summed E-state index contributed by atoms with van der Waals surface area (Å²) in [6.45, 7) is 0.921. The first-order valence-corrected chi connectivity index (χ1v) is 8.05. The Bertz CT molecular complexity index is 508. The van der Waals surface area contributed by atoms with Crippen LogP contribution in [-0.4, -0.2) is 42.8 Å². The summed E-state index contributed by atoms with van der Waals surface area (Å²) in [7, 11) is -3.22. The van der Waals surface area contributed by atoms with Crippen LogP contribution in [0, 0.1) is 5.92 Å². The van der Waals surface area contributed by atoms with Crippen molar-refractivity contribution >= 4 is 16.3 Å². The largest absolute Gasteiger partial charge is 0.303 e. The number of pyridine rings is 1. The molecule has 1 aromatic rings. The van der Waals surface area contributed by atoms with Crippen molar-refractivity contribution in [1.29, 1.82) is 0 Å². The molecule has 0 saturated carbocycles. The van der Waals surface area contributed by atoms with E-state index in [0.717, 1.165) is 11.8 Å². The lowest BCUT2D eigenvalue weighted by atomic mass is 10.0. The van der Waals surface area contributed by atoms with Gasteiger partial charge in [-0.3, -0.25) is 4.98 Å². The molecule has 0 aliphatic carbocycles. The number of aromatic nitrogens is 1. The van der Waals surface area contributed by atoms with Crippen molar-refractivity contribution in [3.8, 4) is 0 Å². The molecule has 19 heavy (non-hydrogen) atoms. The third-order valence-electron chi connectivity index (χ3n) is 3.48. The number of carbonyl (C=O) groups is 1. The number of nitrogens with zero attached hydrogens (tertiary/aromatic N) is 2. The Morgan fingerprint density at radius 3 is 2.47 bits per heavy atom. The van der Waals surface area contributed by atoms with Crippen molar-refractivity contribution in [2.75, 3.05) is 18.8 Å². The van der Waals surface area contributed by atoms with Crippen LogP contribution in [-0.2, 0) is 21.2 Å². The summed E-state index contributed by atoms with van der Waals surface area (Å²) < 4.78 is 25.9. The lowest BCUT2D eigenvalue weighted by Gasteiger charge is -2.28. The fraction of sp³-hybridized carbons (Fsp3) is 0.538. The van der Waals surface area contributed by atoms with E-state index in [2.05, 4.69) is 4.98 Å². The summed E-state index contributed by atoms with van der Waals surface area (Å²) in [5, 5.41) is 0. The zero-order valence-electron chi connectivity index (χ0n) is 10.7. The van der Waals surface area contributed by atoms with Gasteiger partial charge in [-0.05, 0) is 37.0 Å². The molecule has 0 radical (unpaired) electrons. The summed E-state index contributed by atoms with van der Waals surface area (Å²) in [4.78, 5) is 14.6. The van der Waals surface area contributed by atoms with E-state index in [9.17, 15) is 13.2 Å². The van der Waals surface area contributed by atoms with Crippen LogP contribution in [0.5, 0.6) is 0 Å². The molecule has 104 valence electrons. The van der Waals surface area contributed by atoms with Gasteiger partial charge < -0.3 is 4.79 Å². The van der Waals surface area contributed by atoms with Crippen molar-refractivity contribution in [1.82, 2.24) is 9.29 Å². The van der Waals surface area contributed by atoms with Crippen LogP contribution in [0.3, 0.4) is 0 Å². The molecule has 0 bridgehead atoms. The van der Waals surface area contributed by atoms with Crippen molar-refractivity contribution < 1.29 is 13.2 Å². The lowest BCUT2D eigenvalue weighted by Crippen LogP contribution is -2.40. The first kappa shape index (κ1) is 14.1. The van der Waals surface area contributed by atoms with Gasteiger partial charge in [-0.2, -0.15) is 0 Å². The van der Waals surface area contributed by atoms with Gasteiger partial charge in [0.1, 0.15) is 6.29 Å². The number of hydrogen-bond donors (Lipinski definition) is 0. The Hall–Kier alpha value is -1.27. The van der Waals surface area contributed by atoms with E-state index in [0.29, 0.717) is 32.4 Å². The molecule has 0 aromatic carbocycles. The summed E-state index contributed by atoms with van der Waals surface area (Å²) in [6, 6.07) is 3.66. The van der Waals surface area contributed by atoms with Gasteiger partial charge >= 0.3 is 0 Å². The van der Waals surface area contributed by atoms with Gasteiger partial charge in [0.2, 0.25) is 10.0 Å². The molecule has 6 heteroatoms. The number of sulfonamides is 1. The maximum Gasteiger partial charge on any atom is 0.214 e. The van der Waals surface area contributed by atoms with E-state index < -0.39 is 10.0 Å². The molecule has 0 spiro atoms. The highest BCUT2D eigenvalue weighted by atomic mass is 32.2. The normalized spacial score (nSPS) is 18.3. The number of hydrogen-bond acceptors (Lipinski definition) is 4. The Kier molecular flexibility index (Phi) is 4.66. The van der Waals surface area contributed by atoms with Crippen LogP contribution in [0.1, 0.15) is 18.4 Å². The minimum absolute atomic E-state index is 0.0200. The molecule has 1 aliphatic heterocycles. The molecule has 1 aromatic heterocycles. The number of carbonyl (C=O) groups excluding carboxylic acids is 1. The standard InChI is InChI=1S/C13H18N2O3S/c16-11-13-3-8-15(9-4-13)19(17,18)10-5-12-1-6-14-7-2-12/h1-2,6-7,11,13H,3-5,8-10H2. The molecular weight excluding hydrogens is 264 g/mol. The maximum absolute atomic E-state index is 12.2. The Balaban J connectivity index is 1.90. The number of aldehydes is 1. The smallest absolute Gasteiger partial charge is 0.214 e. The third-order valence-corrected chi connectivity index (χ3v) is 5.35. The second-order valence-corrected chi connectivity index (χ2v) is 6.88. The number of piperidine rings is 1. The molecule has 0 amide bonds. The number of rotatable bonds is 5. The molecule has 2 heterocycles. The van der Waals surface area contributed by atoms with E-state index >= 15 is 0 Å². The average molecular weight is 282 g/mol. The molecule has 0 atom stereocenters. The van der Waals surface area contributed by atoms with Crippen LogP contribution in [0.4, 0.5) is 0 Å². The zero-order valence-corrected chi connectivity index (χ0v) is 11.6. The topological polar surface area (TPSA) is 67.3 Å². The van der Waals surface area contributed by atoms with Crippen LogP contribution in [0.2, 0.25) is 0 Å². The molecule has 1 saturated heterocycles. The zero-order chi connectivity index (χ0) is 13.7. The van der Waals surface area contributed by atoms with Crippen LogP contribution in [0.15, 0.2) is 24.5 Å². The Morgan fingerprint density at radius 1 is 1.26 bits per heavy atom. The second kappa shape index (κ2) is 6.25. The van der Waals surface area contributed by atoms with Gasteiger partial charge in [0.25, 0.3) is 0 Å². The fourth-order valence-corrected chi connectivity index (χ4v) is 3.73. The minimum Gasteiger partial charge on any atom is -0.303 e. The molecule has 0 unspecified atom stereocenters. The van der Waals surface area contributed by atoms with Crippen molar-refractivity contribution in [3.05, 3.63) is 30.1 Å². The maximum atomic E-state index is 12.2. The highest BCUT2D eigenvalue weighted by molar-refractivity contribution is 7.89. The van der Waals surface area contributed by atoms with Gasteiger partial charge in [-0.1, -0.05) is 0 Å². The van der Waals surface area contributed by atoms with E-state index in [1.807, 2.05) is 12.1 Å². The average Bonchev–Trinajstić information content (AvgIpc) is 2.46. The van der Waals surface area contributed by atoms with Crippen molar-refractivity contribution in [3.63, 3.8) is 0 Å². The predicted octanol–water partition coefficient (Wildman–Crippen LogP) is 0.865. The van der Waals surface area contributed by atoms with Crippen molar-refractivity contribution in [2.45, 2.75) is 19.3 Å². The highest BCUT2D eigenvalue weighted by Crippen LogP contribution is 2.18. The molecule has 1 aliphatic rings. The quantitative estimate of drug-likeness (QED) is 0.751. The van der Waals surface area contributed by atoms with E-state index in [-0.39, 0.29) is 11.7 Å². The molecule has 5 nitrogen and oxygen atoms in total. The molecular formula is C13H18N2O3S. The van der Waals surface area contributed by atoms with Gasteiger partial charge in [0, 0.05) is 31.4 Å². The predicted molar refractivity (Wildman–Crippen MR) is 72.1 cm³/mol. The monoisotopic (exact) mass is 282 g/mol. The van der Waals surface area contributed by atoms with Crippen LogP contribution >= 0.6 is 0 Å². The first-order valence-electron chi connectivity index (χ1n) is 6.44. The van der Waals surface area contributed by atoms with Gasteiger partial charge in [0.05, 0.1) is 5.75 Å². The van der Waals surface area contributed by atoms with Crippen molar-refractivity contribution in [2.24, 2.45) is 5.92 Å². The van der Waals surface area contributed by atoms with Crippen LogP contribution < -0.4 is 0 Å². The van der Waals surface area contributed by atoms with E-state index in [1.165, 1.54) is 4.31 Å². The van der Waals surface area contributed by atoms with E-state index in [1.54, 1.807) is 12.4 Å². The summed E-state index contributed by atoms with van der Waals surface area (Å²) in [5.74, 6) is 0.134. The van der Waals surface area contributed by atoms with Crippen LogP contribution in [0.25, 0.3) is 0 Å². The lowest BCUT2D eigenvalue weighted by molar-refractivity contribution is -0.112. The summed E-state index contributed by atoms with van der Waals surface area (Å²) >= 11 is 0. The molecule has 2 rings (SSSR count). The van der Waals surface area contributed by atoms with Gasteiger partial charge in [0.15, 0.2) is 0 Å². The molecule has 1 fully saturated rings. The Morgan fingerprint density at radius 2 is 1.89 bits per heavy atom. The second-order valence-electron chi connectivity index (χ2n) is 4.79.